The van der Waals surface area contributed by atoms with Gasteiger partial charge in [-0.2, -0.15) is 5.10 Å². The molecule has 2 N–H and O–H groups in total. The summed E-state index contributed by atoms with van der Waals surface area (Å²) in [4.78, 5) is 22.9. The number of carboxylic acid groups (broad SMARTS) is 1. The topological polar surface area (TPSA) is 84.2 Å². The van der Waals surface area contributed by atoms with E-state index in [9.17, 15) is 14.7 Å². The second-order valence-electron chi connectivity index (χ2n) is 4.47. The van der Waals surface area contributed by atoms with Crippen molar-refractivity contribution in [1.82, 2.24) is 15.1 Å². The predicted molar refractivity (Wildman–Crippen MR) is 77.8 cm³/mol. The Labute approximate surface area is 126 Å². The van der Waals surface area contributed by atoms with Crippen LogP contribution >= 0.6 is 11.6 Å². The lowest BCUT2D eigenvalue weighted by Crippen LogP contribution is -2.19. The molecule has 0 aliphatic rings. The fourth-order valence-corrected chi connectivity index (χ4v) is 2.10. The van der Waals surface area contributed by atoms with Gasteiger partial charge in [-0.1, -0.05) is 23.7 Å². The van der Waals surface area contributed by atoms with Crippen molar-refractivity contribution < 1.29 is 14.7 Å². The molecule has 6 nitrogen and oxygen atoms in total. The summed E-state index contributed by atoms with van der Waals surface area (Å²) < 4.78 is 1.32. The van der Waals surface area contributed by atoms with Crippen molar-refractivity contribution in [3.8, 4) is 0 Å². The summed E-state index contributed by atoms with van der Waals surface area (Å²) in [6.07, 6.45) is 0. The van der Waals surface area contributed by atoms with Crippen molar-refractivity contribution in [2.75, 3.05) is 7.05 Å². The molecule has 0 aliphatic heterocycles. The van der Waals surface area contributed by atoms with Crippen LogP contribution in [0.2, 0.25) is 5.02 Å². The number of carbonyl (C=O) groups is 2. The zero-order valence-corrected chi connectivity index (χ0v) is 12.3. The molecule has 110 valence electrons. The molecule has 1 amide bonds. The first-order valence-corrected chi connectivity index (χ1v) is 6.62. The highest BCUT2D eigenvalue weighted by Gasteiger charge is 2.22. The molecule has 0 aliphatic carbocycles. The number of hydrogen-bond acceptors (Lipinski definition) is 3. The molecule has 21 heavy (non-hydrogen) atoms. The van der Waals surface area contributed by atoms with Gasteiger partial charge in [0.25, 0.3) is 5.91 Å². The number of aromatic nitrogens is 2. The quantitative estimate of drug-likeness (QED) is 0.907. The second-order valence-corrected chi connectivity index (χ2v) is 4.91. The average Bonchev–Trinajstić information content (AvgIpc) is 2.92. The molecule has 0 radical (unpaired) electrons. The molecular formula is C14H14ClN3O3. The number of nitrogens with zero attached hydrogens (tertiary/aromatic N) is 2. The molecule has 0 spiro atoms. The smallest absolute Gasteiger partial charge is 0.354 e. The van der Waals surface area contributed by atoms with Crippen LogP contribution in [0.5, 0.6) is 0 Å². The van der Waals surface area contributed by atoms with Crippen LogP contribution in [0.4, 0.5) is 0 Å². The normalized spacial score (nSPS) is 12.0. The molecule has 7 heteroatoms. The summed E-state index contributed by atoms with van der Waals surface area (Å²) in [6, 6.07) is 7.94. The molecule has 1 atom stereocenters. The molecule has 0 fully saturated rings. The lowest BCUT2D eigenvalue weighted by atomic mass is 10.1. The van der Waals surface area contributed by atoms with Gasteiger partial charge in [-0.25, -0.2) is 4.79 Å². The average molecular weight is 308 g/mol. The number of nitrogens with one attached hydrogen (secondary N) is 1. The van der Waals surface area contributed by atoms with Crippen LogP contribution < -0.4 is 5.32 Å². The maximum atomic E-state index is 11.6. The van der Waals surface area contributed by atoms with E-state index >= 15 is 0 Å². The number of amides is 1. The molecule has 2 aromatic rings. The van der Waals surface area contributed by atoms with Gasteiger partial charge in [0.05, 0.1) is 6.04 Å². The Bertz CT molecular complexity index is 679. The van der Waals surface area contributed by atoms with Crippen molar-refractivity contribution in [3.63, 3.8) is 0 Å². The molecule has 1 aromatic heterocycles. The first-order chi connectivity index (χ1) is 9.93. The zero-order chi connectivity index (χ0) is 15.6. The van der Waals surface area contributed by atoms with Crippen LogP contribution in [-0.4, -0.2) is 33.8 Å². The van der Waals surface area contributed by atoms with Crippen molar-refractivity contribution in [3.05, 3.63) is 52.3 Å². The number of carbonyl (C=O) groups excluding carboxylic acids is 1. The fourth-order valence-electron chi connectivity index (χ4n) is 1.97. The summed E-state index contributed by atoms with van der Waals surface area (Å²) in [5.74, 6) is -1.57. The van der Waals surface area contributed by atoms with Gasteiger partial charge in [0.1, 0.15) is 5.69 Å². The largest absolute Gasteiger partial charge is 0.477 e. The van der Waals surface area contributed by atoms with E-state index in [1.54, 1.807) is 31.2 Å². The monoisotopic (exact) mass is 307 g/mol. The van der Waals surface area contributed by atoms with Crippen molar-refractivity contribution in [2.24, 2.45) is 0 Å². The third kappa shape index (κ3) is 3.05. The Morgan fingerprint density at radius 2 is 1.95 bits per heavy atom. The molecule has 0 bridgehead atoms. The van der Waals surface area contributed by atoms with Crippen molar-refractivity contribution in [1.29, 1.82) is 0 Å². The summed E-state index contributed by atoms with van der Waals surface area (Å²) in [5.41, 5.74) is 0.861. The third-order valence-electron chi connectivity index (χ3n) is 3.13. The first-order valence-electron chi connectivity index (χ1n) is 6.24. The zero-order valence-electron chi connectivity index (χ0n) is 11.5. The van der Waals surface area contributed by atoms with Gasteiger partial charge in [-0.05, 0) is 24.6 Å². The van der Waals surface area contributed by atoms with Crippen molar-refractivity contribution >= 4 is 23.5 Å². The van der Waals surface area contributed by atoms with E-state index in [0.29, 0.717) is 5.02 Å². The Kier molecular flexibility index (Phi) is 4.28. The maximum absolute atomic E-state index is 11.6. The van der Waals surface area contributed by atoms with Crippen LogP contribution in [0.1, 0.15) is 39.5 Å². The van der Waals surface area contributed by atoms with E-state index in [1.165, 1.54) is 17.8 Å². The standard InChI is InChI=1S/C14H14ClN3O3/c1-8(9-3-5-10(15)6-4-9)18-12(14(20)21)7-11(17-18)13(19)16-2/h3-8H,1-2H3,(H,16,19)(H,20,21)/t8-/m0/s1. The van der Waals surface area contributed by atoms with E-state index < -0.39 is 11.9 Å². The van der Waals surface area contributed by atoms with Gasteiger partial charge < -0.3 is 10.4 Å². The number of hydrogen-bond donors (Lipinski definition) is 2. The molecule has 0 saturated carbocycles. The number of halogens is 1. The van der Waals surface area contributed by atoms with Crippen LogP contribution in [0.25, 0.3) is 0 Å². The molecule has 0 saturated heterocycles. The molecular weight excluding hydrogens is 294 g/mol. The highest BCUT2D eigenvalue weighted by Crippen LogP contribution is 2.22. The minimum Gasteiger partial charge on any atom is -0.477 e. The Balaban J connectivity index is 2.46. The number of carboxylic acids is 1. The Morgan fingerprint density at radius 3 is 2.48 bits per heavy atom. The highest BCUT2D eigenvalue weighted by atomic mass is 35.5. The van der Waals surface area contributed by atoms with Gasteiger partial charge in [-0.3, -0.25) is 9.48 Å². The lowest BCUT2D eigenvalue weighted by Gasteiger charge is -2.14. The van der Waals surface area contributed by atoms with Crippen LogP contribution in [0.3, 0.4) is 0 Å². The van der Waals surface area contributed by atoms with Gasteiger partial charge in [0.2, 0.25) is 0 Å². The number of rotatable bonds is 4. The summed E-state index contributed by atoms with van der Waals surface area (Å²) in [7, 11) is 1.46. The molecule has 0 unspecified atom stereocenters. The lowest BCUT2D eigenvalue weighted by molar-refractivity contribution is 0.0681. The first kappa shape index (κ1) is 15.1. The van der Waals surface area contributed by atoms with Gasteiger partial charge in [-0.15, -0.1) is 0 Å². The minimum atomic E-state index is -1.14. The fraction of sp³-hybridized carbons (Fsp3) is 0.214. The maximum Gasteiger partial charge on any atom is 0.354 e. The highest BCUT2D eigenvalue weighted by molar-refractivity contribution is 6.30. The van der Waals surface area contributed by atoms with E-state index in [2.05, 4.69) is 10.4 Å². The molecule has 2 rings (SSSR count). The second kappa shape index (κ2) is 5.97. The SMILES string of the molecule is CNC(=O)c1cc(C(=O)O)n([C@@H](C)c2ccc(Cl)cc2)n1. The predicted octanol–water partition coefficient (Wildman–Crippen LogP) is 2.20. The summed E-state index contributed by atoms with van der Waals surface area (Å²) in [5, 5.41) is 16.4. The van der Waals surface area contributed by atoms with Gasteiger partial charge >= 0.3 is 5.97 Å². The van der Waals surface area contributed by atoms with E-state index in [-0.39, 0.29) is 17.4 Å². The Morgan fingerprint density at radius 1 is 1.33 bits per heavy atom. The van der Waals surface area contributed by atoms with Crippen LogP contribution in [0, 0.1) is 0 Å². The van der Waals surface area contributed by atoms with Crippen LogP contribution in [-0.2, 0) is 0 Å². The third-order valence-corrected chi connectivity index (χ3v) is 3.39. The molecule has 1 heterocycles. The number of benzene rings is 1. The molecule has 1 aromatic carbocycles. The van der Waals surface area contributed by atoms with Gasteiger partial charge in [0.15, 0.2) is 5.69 Å². The van der Waals surface area contributed by atoms with Gasteiger partial charge in [0, 0.05) is 18.1 Å². The summed E-state index contributed by atoms with van der Waals surface area (Å²) >= 11 is 5.84. The number of aromatic carboxylic acids is 1. The van der Waals surface area contributed by atoms with E-state index in [4.69, 9.17) is 11.6 Å². The Hall–Kier alpha value is -2.34. The van der Waals surface area contributed by atoms with E-state index in [1.807, 2.05) is 0 Å². The minimum absolute atomic E-state index is 0.0453. The van der Waals surface area contributed by atoms with Crippen LogP contribution in [0.15, 0.2) is 30.3 Å². The van der Waals surface area contributed by atoms with Crippen molar-refractivity contribution in [2.45, 2.75) is 13.0 Å². The summed E-state index contributed by atoms with van der Waals surface area (Å²) in [6.45, 7) is 1.80. The van der Waals surface area contributed by atoms with E-state index in [0.717, 1.165) is 5.56 Å².